The van der Waals surface area contributed by atoms with Crippen LogP contribution in [0.4, 0.5) is 4.79 Å². The summed E-state index contributed by atoms with van der Waals surface area (Å²) in [6.07, 6.45) is 2.53. The lowest BCUT2D eigenvalue weighted by Crippen LogP contribution is -2.27. The summed E-state index contributed by atoms with van der Waals surface area (Å²) in [5.74, 6) is 0.0612. The van der Waals surface area contributed by atoms with Crippen LogP contribution in [0.5, 0.6) is 0 Å². The van der Waals surface area contributed by atoms with E-state index >= 15 is 0 Å². The van der Waals surface area contributed by atoms with Crippen molar-refractivity contribution in [2.75, 3.05) is 92.4 Å². The highest BCUT2D eigenvalue weighted by Gasteiger charge is 2.28. The Morgan fingerprint density at radius 2 is 1.02 bits per heavy atom. The highest BCUT2D eigenvalue weighted by molar-refractivity contribution is 5.79. The van der Waals surface area contributed by atoms with Crippen LogP contribution in [0.25, 0.3) is 11.1 Å². The minimum Gasteiger partial charge on any atom is -0.449 e. The van der Waals surface area contributed by atoms with Crippen LogP contribution < -0.4 is 5.32 Å². The molecule has 0 aliphatic heterocycles. The maximum atomic E-state index is 12.2. The third-order valence-electron chi connectivity index (χ3n) is 6.58. The Balaban J connectivity index is 1.06. The van der Waals surface area contributed by atoms with Crippen molar-refractivity contribution in [3.05, 3.63) is 59.7 Å². The number of rotatable bonds is 24. The van der Waals surface area contributed by atoms with Crippen molar-refractivity contribution < 1.29 is 38.0 Å². The highest BCUT2D eigenvalue weighted by Crippen LogP contribution is 2.44. The molecule has 41 heavy (non-hydrogen) atoms. The Bertz CT molecular complexity index is 927. The second-order valence-electron chi connectivity index (χ2n) is 9.63. The zero-order valence-corrected chi connectivity index (χ0v) is 24.5. The average Bonchev–Trinajstić information content (AvgIpc) is 3.32. The molecule has 0 saturated heterocycles. The predicted octanol–water partition coefficient (Wildman–Crippen LogP) is 4.81. The molecular weight excluding hydrogens is 526 g/mol. The molecular formula is C32H47NO8. The first-order chi connectivity index (χ1) is 20.3. The number of nitrogens with one attached hydrogen (secondary N) is 1. The topological polar surface area (TPSA) is 93.7 Å². The van der Waals surface area contributed by atoms with Gasteiger partial charge in [-0.05, 0) is 35.1 Å². The van der Waals surface area contributed by atoms with Crippen molar-refractivity contribution in [3.63, 3.8) is 0 Å². The Morgan fingerprint density at radius 1 is 0.610 bits per heavy atom. The standard InChI is InChI=1S/C32H47NO8/c1-2-3-14-35-16-18-37-20-22-39-24-25-40-23-21-38-19-17-36-15-8-13-33-32(34)41-26-31-29-11-6-4-9-27(29)28-10-5-7-12-30(28)31/h4-7,9-12,31H,2-3,8,13-26H2,1H3,(H,33,34). The molecule has 0 saturated carbocycles. The van der Waals surface area contributed by atoms with Crippen molar-refractivity contribution in [1.82, 2.24) is 5.32 Å². The fourth-order valence-corrected chi connectivity index (χ4v) is 4.46. The summed E-state index contributed by atoms with van der Waals surface area (Å²) >= 11 is 0. The van der Waals surface area contributed by atoms with Crippen molar-refractivity contribution in [3.8, 4) is 11.1 Å². The number of carbonyl (C=O) groups excluding carboxylic acids is 1. The van der Waals surface area contributed by atoms with Gasteiger partial charge in [-0.1, -0.05) is 61.9 Å². The molecule has 0 fully saturated rings. The summed E-state index contributed by atoms with van der Waals surface area (Å²) in [6.45, 7) is 9.71. The number of unbranched alkanes of at least 4 members (excludes halogenated alkanes) is 1. The fraction of sp³-hybridized carbons (Fsp3) is 0.594. The van der Waals surface area contributed by atoms with E-state index in [-0.39, 0.29) is 5.92 Å². The number of carbonyl (C=O) groups is 1. The second kappa shape index (κ2) is 21.2. The van der Waals surface area contributed by atoms with Gasteiger partial charge in [-0.25, -0.2) is 4.79 Å². The molecule has 1 aliphatic rings. The van der Waals surface area contributed by atoms with Gasteiger partial charge in [-0.15, -0.1) is 0 Å². The van der Waals surface area contributed by atoms with Crippen molar-refractivity contribution >= 4 is 6.09 Å². The lowest BCUT2D eigenvalue weighted by molar-refractivity contribution is -0.0168. The van der Waals surface area contributed by atoms with Crippen molar-refractivity contribution in [2.24, 2.45) is 0 Å². The molecule has 0 spiro atoms. The van der Waals surface area contributed by atoms with Crippen molar-refractivity contribution in [2.45, 2.75) is 32.1 Å². The number of fused-ring (bicyclic) bond motifs is 3. The predicted molar refractivity (Wildman–Crippen MR) is 158 cm³/mol. The maximum Gasteiger partial charge on any atom is 0.407 e. The monoisotopic (exact) mass is 573 g/mol. The summed E-state index contributed by atoms with van der Waals surface area (Å²) in [6, 6.07) is 16.6. The Hall–Kier alpha value is -2.53. The van der Waals surface area contributed by atoms with E-state index in [1.165, 1.54) is 22.3 Å². The van der Waals surface area contributed by atoms with E-state index in [4.69, 9.17) is 33.2 Å². The molecule has 0 bridgehead atoms. The van der Waals surface area contributed by atoms with Gasteiger partial charge in [-0.3, -0.25) is 0 Å². The van der Waals surface area contributed by atoms with E-state index in [0.717, 1.165) is 19.4 Å². The molecule has 0 radical (unpaired) electrons. The zero-order valence-electron chi connectivity index (χ0n) is 24.5. The van der Waals surface area contributed by atoms with E-state index in [0.29, 0.717) is 92.2 Å². The SMILES string of the molecule is CCCCOCCOCCOCCOCCOCCOCCCNC(=O)OCC1c2ccccc2-c2ccccc21. The molecule has 1 N–H and O–H groups in total. The molecule has 9 nitrogen and oxygen atoms in total. The van der Waals surface area contributed by atoms with E-state index in [2.05, 4.69) is 36.5 Å². The van der Waals surface area contributed by atoms with Gasteiger partial charge in [0.25, 0.3) is 0 Å². The van der Waals surface area contributed by atoms with Gasteiger partial charge in [-0.2, -0.15) is 0 Å². The van der Waals surface area contributed by atoms with E-state index < -0.39 is 6.09 Å². The van der Waals surface area contributed by atoms with E-state index in [1.54, 1.807) is 0 Å². The number of benzene rings is 2. The number of alkyl carbamates (subject to hydrolysis) is 1. The molecule has 2 aromatic rings. The number of amides is 1. The van der Waals surface area contributed by atoms with Crippen LogP contribution in [-0.2, 0) is 33.2 Å². The van der Waals surface area contributed by atoms with Gasteiger partial charge < -0.3 is 38.5 Å². The third kappa shape index (κ3) is 12.9. The first-order valence-corrected chi connectivity index (χ1v) is 14.9. The molecule has 9 heteroatoms. The average molecular weight is 574 g/mol. The summed E-state index contributed by atoms with van der Waals surface area (Å²) < 4.78 is 38.4. The first-order valence-electron chi connectivity index (χ1n) is 14.9. The molecule has 2 aromatic carbocycles. The number of hydrogen-bond acceptors (Lipinski definition) is 8. The van der Waals surface area contributed by atoms with Gasteiger partial charge in [0.05, 0.1) is 66.1 Å². The molecule has 0 heterocycles. The largest absolute Gasteiger partial charge is 0.449 e. The molecule has 0 aromatic heterocycles. The summed E-state index contributed by atoms with van der Waals surface area (Å²) in [5.41, 5.74) is 4.84. The third-order valence-corrected chi connectivity index (χ3v) is 6.58. The minimum absolute atomic E-state index is 0.0612. The van der Waals surface area contributed by atoms with Crippen LogP contribution in [0.2, 0.25) is 0 Å². The van der Waals surface area contributed by atoms with Gasteiger partial charge in [0.2, 0.25) is 0 Å². The maximum absolute atomic E-state index is 12.2. The highest BCUT2D eigenvalue weighted by atomic mass is 16.6. The molecule has 0 unspecified atom stereocenters. The van der Waals surface area contributed by atoms with Crippen LogP contribution in [0.15, 0.2) is 48.5 Å². The van der Waals surface area contributed by atoms with Crippen LogP contribution in [-0.4, -0.2) is 98.5 Å². The first kappa shape index (κ1) is 33.0. The van der Waals surface area contributed by atoms with Crippen LogP contribution in [0.3, 0.4) is 0 Å². The summed E-state index contributed by atoms with van der Waals surface area (Å²) in [7, 11) is 0. The summed E-state index contributed by atoms with van der Waals surface area (Å²) in [5, 5.41) is 2.80. The number of hydrogen-bond donors (Lipinski definition) is 1. The molecule has 1 aliphatic carbocycles. The fourth-order valence-electron chi connectivity index (χ4n) is 4.46. The van der Waals surface area contributed by atoms with Gasteiger partial charge in [0.1, 0.15) is 6.61 Å². The quantitative estimate of drug-likeness (QED) is 0.179. The second-order valence-corrected chi connectivity index (χ2v) is 9.63. The van der Waals surface area contributed by atoms with Crippen LogP contribution >= 0.6 is 0 Å². The normalized spacial score (nSPS) is 12.3. The number of ether oxygens (including phenoxy) is 7. The van der Waals surface area contributed by atoms with Crippen molar-refractivity contribution in [1.29, 1.82) is 0 Å². The van der Waals surface area contributed by atoms with Crippen LogP contribution in [0, 0.1) is 0 Å². The zero-order chi connectivity index (χ0) is 28.8. The Labute approximate surface area is 244 Å². The Morgan fingerprint density at radius 3 is 1.49 bits per heavy atom. The van der Waals surface area contributed by atoms with Gasteiger partial charge in [0, 0.05) is 25.7 Å². The molecule has 0 atom stereocenters. The van der Waals surface area contributed by atoms with Gasteiger partial charge >= 0.3 is 6.09 Å². The van der Waals surface area contributed by atoms with Crippen LogP contribution in [0.1, 0.15) is 43.2 Å². The Kier molecular flexibility index (Phi) is 17.1. The van der Waals surface area contributed by atoms with E-state index in [1.807, 2.05) is 24.3 Å². The smallest absolute Gasteiger partial charge is 0.407 e. The molecule has 3 rings (SSSR count). The van der Waals surface area contributed by atoms with E-state index in [9.17, 15) is 4.79 Å². The molecule has 1 amide bonds. The summed E-state index contributed by atoms with van der Waals surface area (Å²) in [4.78, 5) is 12.2. The van der Waals surface area contributed by atoms with Gasteiger partial charge in [0.15, 0.2) is 0 Å². The lowest BCUT2D eigenvalue weighted by atomic mass is 9.98. The lowest BCUT2D eigenvalue weighted by Gasteiger charge is -2.14. The molecule has 228 valence electrons. The minimum atomic E-state index is -0.405.